The number of hydrogen-bond donors (Lipinski definition) is 0. The van der Waals surface area contributed by atoms with Crippen LogP contribution in [0.15, 0.2) is 74.5 Å². The van der Waals surface area contributed by atoms with Gasteiger partial charge in [-0.3, -0.25) is 9.36 Å². The molecule has 3 aromatic rings. The van der Waals surface area contributed by atoms with Crippen LogP contribution < -0.4 is 15.0 Å². The zero-order valence-corrected chi connectivity index (χ0v) is 19.5. The van der Waals surface area contributed by atoms with Crippen LogP contribution >= 0.6 is 23.5 Å². The third kappa shape index (κ3) is 5.61. The van der Waals surface area contributed by atoms with E-state index < -0.39 is 0 Å². The van der Waals surface area contributed by atoms with Gasteiger partial charge in [-0.2, -0.15) is 0 Å². The molecule has 2 aromatic carbocycles. The fourth-order valence-electron chi connectivity index (χ4n) is 2.64. The molecule has 7 heteroatoms. The minimum Gasteiger partial charge on any atom is -0.493 e. The molecule has 0 saturated carbocycles. The lowest BCUT2D eigenvalue weighted by Gasteiger charge is -2.20. The summed E-state index contributed by atoms with van der Waals surface area (Å²) in [6, 6.07) is 13.6. The van der Waals surface area contributed by atoms with Crippen LogP contribution in [0.2, 0.25) is 0 Å². The van der Waals surface area contributed by atoms with Crippen molar-refractivity contribution < 1.29 is 9.47 Å². The minimum absolute atomic E-state index is 0.0336. The van der Waals surface area contributed by atoms with E-state index in [1.165, 1.54) is 16.7 Å². The Morgan fingerprint density at radius 2 is 1.73 bits per heavy atom. The Kier molecular flexibility index (Phi) is 7.15. The van der Waals surface area contributed by atoms with Crippen LogP contribution in [0.25, 0.3) is 5.69 Å². The lowest BCUT2D eigenvalue weighted by atomic mass is 9.99. The number of benzene rings is 2. The summed E-state index contributed by atoms with van der Waals surface area (Å²) in [6.45, 7) is 6.89. The summed E-state index contributed by atoms with van der Waals surface area (Å²) >= 11 is 3.04. The predicted octanol–water partition coefficient (Wildman–Crippen LogP) is 5.54. The molecule has 0 bridgehead atoms. The van der Waals surface area contributed by atoms with Crippen LogP contribution in [-0.4, -0.2) is 29.5 Å². The first-order valence-electron chi connectivity index (χ1n) is 9.51. The number of ether oxygens (including phenoxy) is 2. The third-order valence-corrected chi connectivity index (χ3v) is 5.89. The summed E-state index contributed by atoms with van der Waals surface area (Å²) < 4.78 is 13.0. The predicted molar refractivity (Wildman–Crippen MR) is 124 cm³/mol. The normalized spacial score (nSPS) is 11.4. The molecule has 0 amide bonds. The number of methoxy groups -OCH3 is 1. The molecule has 0 N–H and O–H groups in total. The second-order valence-electron chi connectivity index (χ2n) is 7.87. The highest BCUT2D eigenvalue weighted by molar-refractivity contribution is 7.99. The van der Waals surface area contributed by atoms with E-state index in [2.05, 4.69) is 25.8 Å². The van der Waals surface area contributed by atoms with Crippen molar-refractivity contribution in [3.05, 3.63) is 65.2 Å². The van der Waals surface area contributed by atoms with E-state index in [0.29, 0.717) is 28.8 Å². The second kappa shape index (κ2) is 9.62. The zero-order valence-electron chi connectivity index (χ0n) is 17.8. The molecule has 1 aromatic heterocycles. The van der Waals surface area contributed by atoms with E-state index in [1.807, 2.05) is 42.7 Å². The molecule has 0 fully saturated rings. The average Bonchev–Trinajstić information content (AvgIpc) is 2.73. The van der Waals surface area contributed by atoms with Crippen LogP contribution in [0, 0.1) is 5.41 Å². The van der Waals surface area contributed by atoms with Crippen molar-refractivity contribution in [2.45, 2.75) is 35.6 Å². The molecule has 30 heavy (non-hydrogen) atoms. The molecule has 0 aliphatic carbocycles. The van der Waals surface area contributed by atoms with E-state index >= 15 is 0 Å². The number of nitrogens with zero attached hydrogens (tertiary/aromatic N) is 2. The van der Waals surface area contributed by atoms with Crippen LogP contribution in [0.3, 0.4) is 0 Å². The van der Waals surface area contributed by atoms with Gasteiger partial charge in [-0.15, -0.1) is 11.8 Å². The fourth-order valence-corrected chi connectivity index (χ4v) is 3.84. The Bertz CT molecular complexity index is 1060. The molecule has 0 atom stereocenters. The largest absolute Gasteiger partial charge is 0.493 e. The van der Waals surface area contributed by atoms with Crippen LogP contribution in [0.5, 0.6) is 11.5 Å². The van der Waals surface area contributed by atoms with E-state index in [4.69, 9.17) is 9.47 Å². The highest BCUT2D eigenvalue weighted by Gasteiger charge is 2.15. The number of hydrogen-bond acceptors (Lipinski definition) is 6. The van der Waals surface area contributed by atoms with Gasteiger partial charge in [0.05, 0.1) is 19.4 Å². The first-order valence-corrected chi connectivity index (χ1v) is 11.6. The van der Waals surface area contributed by atoms with Gasteiger partial charge in [0.1, 0.15) is 0 Å². The molecule has 0 unspecified atom stereocenters. The summed E-state index contributed by atoms with van der Waals surface area (Å²) in [5.74, 6) is 1.24. The molecule has 3 rings (SSSR count). The monoisotopic (exact) mass is 442 g/mol. The lowest BCUT2D eigenvalue weighted by Crippen LogP contribution is -2.20. The first kappa shape index (κ1) is 22.3. The molecule has 0 spiro atoms. The van der Waals surface area contributed by atoms with Crippen LogP contribution in [-0.2, 0) is 0 Å². The summed E-state index contributed by atoms with van der Waals surface area (Å²) in [6.07, 6.45) is 5.33. The molecular formula is C23H26N2O3S2. The molecular weight excluding hydrogens is 416 g/mol. The molecule has 0 aliphatic rings. The Labute approximate surface area is 185 Å². The average molecular weight is 443 g/mol. The SMILES string of the molecule is COc1cc(-n2ccnc(Sc3ccc(SC)cc3)c2=O)ccc1OCC(C)(C)C. The van der Waals surface area contributed by atoms with Gasteiger partial charge >= 0.3 is 0 Å². The number of thioether (sulfide) groups is 1. The highest BCUT2D eigenvalue weighted by atomic mass is 32.2. The van der Waals surface area contributed by atoms with Gasteiger partial charge in [0.2, 0.25) is 0 Å². The van der Waals surface area contributed by atoms with Gasteiger partial charge in [0.15, 0.2) is 16.5 Å². The maximum absolute atomic E-state index is 13.0. The third-order valence-electron chi connectivity index (χ3n) is 4.17. The topological polar surface area (TPSA) is 53.4 Å². The standard InChI is InChI=1S/C23H26N2O3S2/c1-23(2,3)15-28-19-11-6-16(14-20(19)27-4)25-13-12-24-21(22(25)26)30-18-9-7-17(29-5)8-10-18/h6-14H,15H2,1-5H3. The molecule has 0 radical (unpaired) electrons. The summed E-state index contributed by atoms with van der Waals surface area (Å²) in [5, 5.41) is 0.418. The van der Waals surface area contributed by atoms with Crippen molar-refractivity contribution in [1.82, 2.24) is 9.55 Å². The van der Waals surface area contributed by atoms with Crippen LogP contribution in [0.1, 0.15) is 20.8 Å². The Morgan fingerprint density at radius 3 is 2.37 bits per heavy atom. The maximum atomic E-state index is 13.0. The smallest absolute Gasteiger partial charge is 0.287 e. The van der Waals surface area contributed by atoms with Gasteiger partial charge in [0, 0.05) is 28.3 Å². The quantitative estimate of drug-likeness (QED) is 0.448. The van der Waals surface area contributed by atoms with E-state index in [9.17, 15) is 4.79 Å². The van der Waals surface area contributed by atoms with E-state index in [0.717, 1.165) is 4.90 Å². The molecule has 5 nitrogen and oxygen atoms in total. The molecule has 0 saturated heterocycles. The zero-order chi connectivity index (χ0) is 21.7. The summed E-state index contributed by atoms with van der Waals surface area (Å²) in [5.41, 5.74) is 0.551. The molecule has 158 valence electrons. The molecule has 0 aliphatic heterocycles. The Balaban J connectivity index is 1.88. The Hall–Kier alpha value is -2.38. The van der Waals surface area contributed by atoms with Gasteiger partial charge in [-0.05, 0) is 48.1 Å². The van der Waals surface area contributed by atoms with Gasteiger partial charge in [-0.25, -0.2) is 4.98 Å². The van der Waals surface area contributed by atoms with Crippen molar-refractivity contribution >= 4 is 23.5 Å². The lowest BCUT2D eigenvalue weighted by molar-refractivity contribution is 0.191. The fraction of sp³-hybridized carbons (Fsp3) is 0.304. The number of rotatable bonds is 7. The molecule has 1 heterocycles. The first-order chi connectivity index (χ1) is 14.3. The van der Waals surface area contributed by atoms with Crippen molar-refractivity contribution in [3.63, 3.8) is 0 Å². The highest BCUT2D eigenvalue weighted by Crippen LogP contribution is 2.31. The minimum atomic E-state index is -0.179. The van der Waals surface area contributed by atoms with Gasteiger partial charge in [0.25, 0.3) is 5.56 Å². The second-order valence-corrected chi connectivity index (χ2v) is 9.81. The van der Waals surface area contributed by atoms with Crippen molar-refractivity contribution in [1.29, 1.82) is 0 Å². The van der Waals surface area contributed by atoms with Crippen molar-refractivity contribution in [2.75, 3.05) is 20.0 Å². The van der Waals surface area contributed by atoms with E-state index in [-0.39, 0.29) is 11.0 Å². The van der Waals surface area contributed by atoms with E-state index in [1.54, 1.807) is 41.9 Å². The van der Waals surface area contributed by atoms with Crippen LogP contribution in [0.4, 0.5) is 0 Å². The summed E-state index contributed by atoms with van der Waals surface area (Å²) in [4.78, 5) is 19.5. The number of aromatic nitrogens is 2. The summed E-state index contributed by atoms with van der Waals surface area (Å²) in [7, 11) is 1.60. The van der Waals surface area contributed by atoms with Gasteiger partial charge in [-0.1, -0.05) is 32.5 Å². The van der Waals surface area contributed by atoms with Crippen molar-refractivity contribution in [2.24, 2.45) is 5.41 Å². The maximum Gasteiger partial charge on any atom is 0.287 e. The van der Waals surface area contributed by atoms with Gasteiger partial charge < -0.3 is 9.47 Å². The Morgan fingerprint density at radius 1 is 1.03 bits per heavy atom. The van der Waals surface area contributed by atoms with Crippen molar-refractivity contribution in [3.8, 4) is 17.2 Å².